The third kappa shape index (κ3) is 3.56. The van der Waals surface area contributed by atoms with E-state index in [1.807, 2.05) is 25.3 Å². The van der Waals surface area contributed by atoms with E-state index in [0.717, 1.165) is 23.6 Å². The number of benzene rings is 1. The standard InChI is InChI=1S/C21H24N6/c1-14(2)11-16-13-26(4)19-6-5-17(12-18(16)19)23-21-22-9-7-20(24-21)27-10-8-15(3)25-27/h5-10,12-14H,11H2,1-4H3,(H,22,23,24). The van der Waals surface area contributed by atoms with Gasteiger partial charge in [-0.15, -0.1) is 0 Å². The summed E-state index contributed by atoms with van der Waals surface area (Å²) in [4.78, 5) is 8.94. The van der Waals surface area contributed by atoms with Crippen LogP contribution < -0.4 is 5.32 Å². The lowest BCUT2D eigenvalue weighted by Gasteiger charge is -2.08. The van der Waals surface area contributed by atoms with E-state index < -0.39 is 0 Å². The molecule has 0 saturated carbocycles. The van der Waals surface area contributed by atoms with Gasteiger partial charge in [0.2, 0.25) is 5.95 Å². The summed E-state index contributed by atoms with van der Waals surface area (Å²) >= 11 is 0. The van der Waals surface area contributed by atoms with E-state index >= 15 is 0 Å². The Kier molecular flexibility index (Phi) is 4.39. The summed E-state index contributed by atoms with van der Waals surface area (Å²) in [6.07, 6.45) is 6.93. The first-order chi connectivity index (χ1) is 13.0. The molecule has 1 N–H and O–H groups in total. The minimum atomic E-state index is 0.557. The van der Waals surface area contributed by atoms with Gasteiger partial charge in [-0.2, -0.15) is 10.1 Å². The zero-order valence-electron chi connectivity index (χ0n) is 16.1. The van der Waals surface area contributed by atoms with Crippen molar-refractivity contribution in [2.75, 3.05) is 5.32 Å². The van der Waals surface area contributed by atoms with Crippen LogP contribution in [0.15, 0.2) is 48.9 Å². The molecule has 3 aromatic heterocycles. The lowest BCUT2D eigenvalue weighted by Crippen LogP contribution is -2.03. The average Bonchev–Trinajstić information content (AvgIpc) is 3.19. The fourth-order valence-corrected chi connectivity index (χ4v) is 3.36. The van der Waals surface area contributed by atoms with Crippen molar-refractivity contribution in [2.24, 2.45) is 13.0 Å². The highest BCUT2D eigenvalue weighted by Gasteiger charge is 2.10. The molecule has 0 amide bonds. The van der Waals surface area contributed by atoms with Crippen LogP contribution in [0.5, 0.6) is 0 Å². The third-order valence-electron chi connectivity index (χ3n) is 4.55. The second-order valence-electron chi connectivity index (χ2n) is 7.36. The molecule has 6 nitrogen and oxygen atoms in total. The van der Waals surface area contributed by atoms with Crippen molar-refractivity contribution in [2.45, 2.75) is 27.2 Å². The predicted octanol–water partition coefficient (Wildman–Crippen LogP) is 4.40. The van der Waals surface area contributed by atoms with Crippen molar-refractivity contribution in [1.29, 1.82) is 0 Å². The normalized spacial score (nSPS) is 11.4. The smallest absolute Gasteiger partial charge is 0.229 e. The van der Waals surface area contributed by atoms with Crippen LogP contribution in [0.2, 0.25) is 0 Å². The third-order valence-corrected chi connectivity index (χ3v) is 4.55. The van der Waals surface area contributed by atoms with Gasteiger partial charge in [-0.05, 0) is 49.1 Å². The Balaban J connectivity index is 1.65. The summed E-state index contributed by atoms with van der Waals surface area (Å²) in [7, 11) is 2.10. The van der Waals surface area contributed by atoms with Crippen molar-refractivity contribution in [1.82, 2.24) is 24.3 Å². The minimum absolute atomic E-state index is 0.557. The van der Waals surface area contributed by atoms with Gasteiger partial charge in [0, 0.05) is 48.3 Å². The maximum Gasteiger partial charge on any atom is 0.229 e. The van der Waals surface area contributed by atoms with Gasteiger partial charge in [-0.25, -0.2) is 9.67 Å². The first kappa shape index (κ1) is 17.3. The SMILES string of the molecule is Cc1ccn(-c2ccnc(Nc3ccc4c(c3)c(CC(C)C)cn4C)n2)n1. The van der Waals surface area contributed by atoms with Crippen LogP contribution in [-0.4, -0.2) is 24.3 Å². The molecule has 1 aromatic carbocycles. The number of aryl methyl sites for hydroxylation is 2. The molecule has 0 unspecified atom stereocenters. The van der Waals surface area contributed by atoms with Crippen LogP contribution in [0.1, 0.15) is 25.1 Å². The Labute approximate surface area is 158 Å². The molecule has 0 bridgehead atoms. The number of rotatable bonds is 5. The van der Waals surface area contributed by atoms with Gasteiger partial charge in [-0.1, -0.05) is 13.8 Å². The monoisotopic (exact) mass is 360 g/mol. The molecule has 0 atom stereocenters. The average molecular weight is 360 g/mol. The number of fused-ring (bicyclic) bond motifs is 1. The first-order valence-corrected chi connectivity index (χ1v) is 9.20. The quantitative estimate of drug-likeness (QED) is 0.573. The fraction of sp³-hybridized carbons (Fsp3) is 0.286. The Morgan fingerprint density at radius 1 is 1.15 bits per heavy atom. The molecule has 6 heteroatoms. The zero-order chi connectivity index (χ0) is 19.0. The van der Waals surface area contributed by atoms with E-state index in [4.69, 9.17) is 0 Å². The summed E-state index contributed by atoms with van der Waals surface area (Å²) in [5.74, 6) is 1.91. The lowest BCUT2D eigenvalue weighted by atomic mass is 10.0. The highest BCUT2D eigenvalue weighted by atomic mass is 15.3. The lowest BCUT2D eigenvalue weighted by molar-refractivity contribution is 0.648. The van der Waals surface area contributed by atoms with E-state index in [1.165, 1.54) is 16.5 Å². The van der Waals surface area contributed by atoms with Crippen LogP contribution in [0, 0.1) is 12.8 Å². The van der Waals surface area contributed by atoms with Gasteiger partial charge < -0.3 is 9.88 Å². The van der Waals surface area contributed by atoms with Crippen molar-refractivity contribution in [3.8, 4) is 5.82 Å². The number of aromatic nitrogens is 5. The molecule has 0 aliphatic carbocycles. The van der Waals surface area contributed by atoms with Crippen LogP contribution in [0.3, 0.4) is 0 Å². The Morgan fingerprint density at radius 3 is 2.74 bits per heavy atom. The summed E-state index contributed by atoms with van der Waals surface area (Å²) < 4.78 is 3.94. The van der Waals surface area contributed by atoms with E-state index in [9.17, 15) is 0 Å². The van der Waals surface area contributed by atoms with Crippen LogP contribution in [0.4, 0.5) is 11.6 Å². The maximum absolute atomic E-state index is 4.58. The topological polar surface area (TPSA) is 60.6 Å². The van der Waals surface area contributed by atoms with Crippen molar-refractivity contribution < 1.29 is 0 Å². The van der Waals surface area contributed by atoms with Gasteiger partial charge in [0.1, 0.15) is 0 Å². The number of hydrogen-bond acceptors (Lipinski definition) is 4. The van der Waals surface area contributed by atoms with Crippen molar-refractivity contribution >= 4 is 22.5 Å². The largest absolute Gasteiger partial charge is 0.350 e. The molecule has 0 saturated heterocycles. The first-order valence-electron chi connectivity index (χ1n) is 9.20. The van der Waals surface area contributed by atoms with E-state index in [1.54, 1.807) is 10.9 Å². The van der Waals surface area contributed by atoms with Crippen molar-refractivity contribution in [3.05, 3.63) is 60.2 Å². The maximum atomic E-state index is 4.58. The van der Waals surface area contributed by atoms with Crippen LogP contribution in [0.25, 0.3) is 16.7 Å². The molecular formula is C21H24N6. The van der Waals surface area contributed by atoms with Gasteiger partial charge in [0.05, 0.1) is 5.69 Å². The van der Waals surface area contributed by atoms with E-state index in [-0.39, 0.29) is 0 Å². The molecule has 0 aliphatic rings. The minimum Gasteiger partial charge on any atom is -0.350 e. The molecule has 3 heterocycles. The summed E-state index contributed by atoms with van der Waals surface area (Å²) in [6.45, 7) is 6.45. The summed E-state index contributed by atoms with van der Waals surface area (Å²) in [5, 5.41) is 9.01. The molecule has 4 aromatic rings. The molecule has 4 rings (SSSR count). The number of anilines is 2. The molecule has 27 heavy (non-hydrogen) atoms. The summed E-state index contributed by atoms with van der Waals surface area (Å²) in [6, 6.07) is 10.2. The van der Waals surface area contributed by atoms with Crippen LogP contribution in [-0.2, 0) is 13.5 Å². The molecular weight excluding hydrogens is 336 g/mol. The molecule has 0 fully saturated rings. The number of nitrogens with zero attached hydrogens (tertiary/aromatic N) is 5. The van der Waals surface area contributed by atoms with Gasteiger partial charge in [-0.3, -0.25) is 0 Å². The Hall–Kier alpha value is -3.15. The predicted molar refractivity (Wildman–Crippen MR) is 109 cm³/mol. The van der Waals surface area contributed by atoms with E-state index in [2.05, 4.69) is 70.2 Å². The highest BCUT2D eigenvalue weighted by Crippen LogP contribution is 2.27. The second-order valence-corrected chi connectivity index (χ2v) is 7.36. The molecule has 138 valence electrons. The van der Waals surface area contributed by atoms with Crippen molar-refractivity contribution in [3.63, 3.8) is 0 Å². The Morgan fingerprint density at radius 2 is 2.00 bits per heavy atom. The number of hydrogen-bond donors (Lipinski definition) is 1. The summed E-state index contributed by atoms with van der Waals surface area (Å²) in [5.41, 5.74) is 4.54. The van der Waals surface area contributed by atoms with Crippen LogP contribution >= 0.6 is 0 Å². The second kappa shape index (κ2) is 6.87. The number of nitrogens with one attached hydrogen (secondary N) is 1. The highest BCUT2D eigenvalue weighted by molar-refractivity contribution is 5.87. The Bertz CT molecular complexity index is 1090. The molecule has 0 radical (unpaired) electrons. The molecule has 0 aliphatic heterocycles. The van der Waals surface area contributed by atoms with Gasteiger partial charge >= 0.3 is 0 Å². The van der Waals surface area contributed by atoms with E-state index in [0.29, 0.717) is 11.9 Å². The van der Waals surface area contributed by atoms with Gasteiger partial charge in [0.25, 0.3) is 0 Å². The zero-order valence-corrected chi connectivity index (χ0v) is 16.1. The fourth-order valence-electron chi connectivity index (χ4n) is 3.36. The molecule has 0 spiro atoms. The van der Waals surface area contributed by atoms with Gasteiger partial charge in [0.15, 0.2) is 5.82 Å².